The van der Waals surface area contributed by atoms with Crippen molar-refractivity contribution in [2.45, 2.75) is 33.3 Å². The summed E-state index contributed by atoms with van der Waals surface area (Å²) in [6.45, 7) is 6.67. The van der Waals surface area contributed by atoms with E-state index in [0.717, 1.165) is 6.42 Å². The van der Waals surface area contributed by atoms with Crippen molar-refractivity contribution in [3.63, 3.8) is 0 Å². The maximum Gasteiger partial charge on any atom is 0.0634 e. The monoisotopic (exact) mass is 152 g/mol. The van der Waals surface area contributed by atoms with Crippen molar-refractivity contribution < 1.29 is 5.11 Å². The summed E-state index contributed by atoms with van der Waals surface area (Å²) in [5.41, 5.74) is 0.414. The Morgan fingerprint density at radius 2 is 1.91 bits per heavy atom. The van der Waals surface area contributed by atoms with Gasteiger partial charge in [0.1, 0.15) is 0 Å². The minimum absolute atomic E-state index is 0.0921. The number of allylic oxidation sites excluding steroid dienone is 1. The van der Waals surface area contributed by atoms with E-state index in [1.54, 1.807) is 0 Å². The van der Waals surface area contributed by atoms with Gasteiger partial charge in [-0.1, -0.05) is 32.9 Å². The van der Waals surface area contributed by atoms with Crippen molar-refractivity contribution in [1.29, 1.82) is 0 Å². The van der Waals surface area contributed by atoms with Crippen molar-refractivity contribution in [3.05, 3.63) is 12.2 Å². The molecule has 0 aliphatic heterocycles. The van der Waals surface area contributed by atoms with Crippen LogP contribution in [0.2, 0.25) is 0 Å². The summed E-state index contributed by atoms with van der Waals surface area (Å²) in [7, 11) is 0. The Morgan fingerprint density at radius 3 is 2.27 bits per heavy atom. The van der Waals surface area contributed by atoms with Gasteiger partial charge in [0.05, 0.1) is 6.10 Å². The normalized spacial score (nSPS) is 52.0. The Kier molecular flexibility index (Phi) is 1.15. The topological polar surface area (TPSA) is 20.2 Å². The molecule has 2 aliphatic carbocycles. The number of aliphatic hydroxyl groups is 1. The van der Waals surface area contributed by atoms with E-state index in [9.17, 15) is 5.11 Å². The molecule has 1 heteroatoms. The quantitative estimate of drug-likeness (QED) is 0.526. The summed E-state index contributed by atoms with van der Waals surface area (Å²) in [6.07, 6.45) is 5.35. The predicted molar refractivity (Wildman–Crippen MR) is 45.1 cm³/mol. The molecule has 0 aromatic carbocycles. The average Bonchev–Trinajstić information content (AvgIpc) is 2.10. The average molecular weight is 152 g/mol. The lowest BCUT2D eigenvalue weighted by Crippen LogP contribution is -2.51. The fourth-order valence-electron chi connectivity index (χ4n) is 2.65. The first-order valence-electron chi connectivity index (χ1n) is 4.35. The highest BCUT2D eigenvalue weighted by atomic mass is 16.3. The van der Waals surface area contributed by atoms with Crippen molar-refractivity contribution in [1.82, 2.24) is 0 Å². The third kappa shape index (κ3) is 0.698. The fourth-order valence-corrected chi connectivity index (χ4v) is 2.65. The number of rotatable bonds is 0. The molecule has 3 atom stereocenters. The smallest absolute Gasteiger partial charge is 0.0634 e. The molecule has 2 aliphatic rings. The molecule has 0 amide bonds. The van der Waals surface area contributed by atoms with E-state index in [-0.39, 0.29) is 11.5 Å². The van der Waals surface area contributed by atoms with E-state index in [0.29, 0.717) is 11.3 Å². The lowest BCUT2D eigenvalue weighted by atomic mass is 9.55. The van der Waals surface area contributed by atoms with Crippen LogP contribution in [0.3, 0.4) is 0 Å². The highest BCUT2D eigenvalue weighted by Crippen LogP contribution is 2.60. The first kappa shape index (κ1) is 7.35. The van der Waals surface area contributed by atoms with Crippen LogP contribution in [0.25, 0.3) is 0 Å². The zero-order chi connectivity index (χ0) is 8.28. The summed E-state index contributed by atoms with van der Waals surface area (Å²) < 4.78 is 0. The summed E-state index contributed by atoms with van der Waals surface area (Å²) in [6, 6.07) is 0. The van der Waals surface area contributed by atoms with Gasteiger partial charge in [0.15, 0.2) is 0 Å². The van der Waals surface area contributed by atoms with Crippen LogP contribution in [0, 0.1) is 16.7 Å². The van der Waals surface area contributed by atoms with E-state index in [4.69, 9.17) is 0 Å². The molecule has 0 heterocycles. The molecule has 11 heavy (non-hydrogen) atoms. The largest absolute Gasteiger partial charge is 0.392 e. The molecule has 0 aromatic rings. The van der Waals surface area contributed by atoms with Crippen LogP contribution in [0.4, 0.5) is 0 Å². The van der Waals surface area contributed by atoms with Gasteiger partial charge in [-0.3, -0.25) is 0 Å². The zero-order valence-electron chi connectivity index (χ0n) is 7.46. The van der Waals surface area contributed by atoms with Gasteiger partial charge in [0, 0.05) is 5.41 Å². The van der Waals surface area contributed by atoms with Gasteiger partial charge < -0.3 is 5.11 Å². The lowest BCUT2D eigenvalue weighted by Gasteiger charge is -2.51. The molecule has 0 bridgehead atoms. The zero-order valence-corrected chi connectivity index (χ0v) is 7.46. The van der Waals surface area contributed by atoms with Crippen molar-refractivity contribution in [2.75, 3.05) is 0 Å². The maximum atomic E-state index is 9.56. The molecule has 0 saturated heterocycles. The van der Waals surface area contributed by atoms with Gasteiger partial charge in [-0.2, -0.15) is 0 Å². The summed E-state index contributed by atoms with van der Waals surface area (Å²) in [4.78, 5) is 0. The Labute approximate surface area is 68.1 Å². The first-order valence-corrected chi connectivity index (χ1v) is 4.35. The molecular weight excluding hydrogens is 136 g/mol. The Bertz CT molecular complexity index is 217. The third-order valence-electron chi connectivity index (χ3n) is 3.70. The van der Waals surface area contributed by atoms with Crippen LogP contribution >= 0.6 is 0 Å². The van der Waals surface area contributed by atoms with Crippen LogP contribution in [0.1, 0.15) is 27.2 Å². The van der Waals surface area contributed by atoms with E-state index >= 15 is 0 Å². The number of hydrogen-bond acceptors (Lipinski definition) is 1. The van der Waals surface area contributed by atoms with Crippen molar-refractivity contribution in [3.8, 4) is 0 Å². The van der Waals surface area contributed by atoms with Crippen LogP contribution in [-0.2, 0) is 0 Å². The van der Waals surface area contributed by atoms with Crippen molar-refractivity contribution in [2.24, 2.45) is 16.7 Å². The molecule has 2 rings (SSSR count). The second-order valence-corrected chi connectivity index (χ2v) is 4.82. The molecule has 0 unspecified atom stereocenters. The molecule has 1 saturated carbocycles. The van der Waals surface area contributed by atoms with Gasteiger partial charge in [-0.05, 0) is 17.8 Å². The molecule has 1 fully saturated rings. The fraction of sp³-hybridized carbons (Fsp3) is 0.800. The summed E-state index contributed by atoms with van der Waals surface area (Å²) >= 11 is 0. The SMILES string of the molecule is CC1(C)C=C[C@]2(C)[C@H](O)C[C@H]12. The van der Waals surface area contributed by atoms with Crippen LogP contribution in [0.15, 0.2) is 12.2 Å². The minimum Gasteiger partial charge on any atom is -0.392 e. The van der Waals surface area contributed by atoms with Crippen LogP contribution in [-0.4, -0.2) is 11.2 Å². The first-order chi connectivity index (χ1) is 4.97. The highest BCUT2D eigenvalue weighted by Gasteiger charge is 2.57. The third-order valence-corrected chi connectivity index (χ3v) is 3.70. The second-order valence-electron chi connectivity index (χ2n) is 4.82. The maximum absolute atomic E-state index is 9.56. The minimum atomic E-state index is -0.0921. The van der Waals surface area contributed by atoms with Gasteiger partial charge in [-0.25, -0.2) is 0 Å². The molecule has 1 N–H and O–H groups in total. The molecule has 0 spiro atoms. The number of fused-ring (bicyclic) bond motifs is 1. The van der Waals surface area contributed by atoms with E-state index < -0.39 is 0 Å². The Morgan fingerprint density at radius 1 is 1.27 bits per heavy atom. The van der Waals surface area contributed by atoms with E-state index in [1.165, 1.54) is 0 Å². The van der Waals surface area contributed by atoms with Crippen LogP contribution < -0.4 is 0 Å². The molecule has 0 radical (unpaired) electrons. The van der Waals surface area contributed by atoms with Gasteiger partial charge in [-0.15, -0.1) is 0 Å². The number of aliphatic hydroxyl groups excluding tert-OH is 1. The molecular formula is C10H16O. The second kappa shape index (κ2) is 1.71. The van der Waals surface area contributed by atoms with Crippen LogP contribution in [0.5, 0.6) is 0 Å². The summed E-state index contributed by atoms with van der Waals surface area (Å²) in [5.74, 6) is 0.671. The molecule has 0 aromatic heterocycles. The molecule has 1 nitrogen and oxygen atoms in total. The van der Waals surface area contributed by atoms with Gasteiger partial charge in [0.2, 0.25) is 0 Å². The lowest BCUT2D eigenvalue weighted by molar-refractivity contribution is -0.100. The Hall–Kier alpha value is -0.300. The standard InChI is InChI=1S/C10H16O/c1-9(2)4-5-10(3)7(9)6-8(10)11/h4-5,7-8,11H,6H2,1-3H3/t7-,8-,10+/m1/s1. The van der Waals surface area contributed by atoms with Gasteiger partial charge >= 0.3 is 0 Å². The van der Waals surface area contributed by atoms with Crippen molar-refractivity contribution >= 4 is 0 Å². The number of hydrogen-bond donors (Lipinski definition) is 1. The summed E-state index contributed by atoms with van der Waals surface area (Å²) in [5, 5.41) is 9.56. The molecule has 62 valence electrons. The Balaban J connectivity index is 2.30. The highest BCUT2D eigenvalue weighted by molar-refractivity contribution is 5.25. The van der Waals surface area contributed by atoms with E-state index in [1.807, 2.05) is 0 Å². The van der Waals surface area contributed by atoms with Gasteiger partial charge in [0.25, 0.3) is 0 Å². The predicted octanol–water partition coefficient (Wildman–Crippen LogP) is 1.97. The van der Waals surface area contributed by atoms with E-state index in [2.05, 4.69) is 32.9 Å².